The monoisotopic (exact) mass is 243 g/mol. The summed E-state index contributed by atoms with van der Waals surface area (Å²) in [5.74, 6) is 0.787. The number of piperidine rings is 1. The van der Waals surface area contributed by atoms with Gasteiger partial charge in [-0.3, -0.25) is 0 Å². The van der Waals surface area contributed by atoms with Crippen LogP contribution < -0.4 is 10.2 Å². The van der Waals surface area contributed by atoms with Crippen molar-refractivity contribution in [3.8, 4) is 6.07 Å². The molecule has 0 saturated carbocycles. The summed E-state index contributed by atoms with van der Waals surface area (Å²) in [7, 11) is 2.08. The number of hydrogen-bond donors (Lipinski definition) is 1. The van der Waals surface area contributed by atoms with Crippen LogP contribution in [0.15, 0.2) is 24.3 Å². The third-order valence-corrected chi connectivity index (χ3v) is 3.71. The van der Waals surface area contributed by atoms with Gasteiger partial charge in [0.1, 0.15) is 6.07 Å². The molecule has 3 nitrogen and oxygen atoms in total. The summed E-state index contributed by atoms with van der Waals surface area (Å²) in [6.45, 7) is 3.34. The van der Waals surface area contributed by atoms with Crippen molar-refractivity contribution in [2.75, 3.05) is 31.6 Å². The lowest BCUT2D eigenvalue weighted by atomic mass is 9.96. The standard InChI is InChI=1S/C15H21N3/c1-18(10-8-13-5-4-9-17-12-13)15-7-3-2-6-14(15)11-16/h2-3,6-7,13,17H,4-5,8-10,12H2,1H3. The molecule has 2 rings (SSSR count). The van der Waals surface area contributed by atoms with Crippen molar-refractivity contribution in [2.24, 2.45) is 5.92 Å². The predicted octanol–water partition coefficient (Wildman–Crippen LogP) is 2.38. The second-order valence-corrected chi connectivity index (χ2v) is 5.05. The van der Waals surface area contributed by atoms with Crippen LogP contribution in [0.1, 0.15) is 24.8 Å². The number of nitrogens with one attached hydrogen (secondary N) is 1. The number of nitriles is 1. The number of nitrogens with zero attached hydrogens (tertiary/aromatic N) is 2. The minimum atomic E-state index is 0.766. The van der Waals surface area contributed by atoms with Crippen molar-refractivity contribution < 1.29 is 0 Å². The van der Waals surface area contributed by atoms with E-state index in [-0.39, 0.29) is 0 Å². The maximum atomic E-state index is 9.10. The Morgan fingerprint density at radius 1 is 1.44 bits per heavy atom. The molecule has 1 aromatic rings. The van der Waals surface area contributed by atoms with E-state index in [0.717, 1.165) is 30.3 Å². The summed E-state index contributed by atoms with van der Waals surface area (Å²) in [6, 6.07) is 10.1. The number of hydrogen-bond acceptors (Lipinski definition) is 3. The minimum Gasteiger partial charge on any atom is -0.374 e. The lowest BCUT2D eigenvalue weighted by molar-refractivity contribution is 0.360. The van der Waals surface area contributed by atoms with Crippen LogP contribution in [0.2, 0.25) is 0 Å². The van der Waals surface area contributed by atoms with Crippen LogP contribution in [0.5, 0.6) is 0 Å². The average molecular weight is 243 g/mol. The quantitative estimate of drug-likeness (QED) is 0.882. The van der Waals surface area contributed by atoms with Crippen molar-refractivity contribution >= 4 is 5.69 Å². The lowest BCUT2D eigenvalue weighted by Crippen LogP contribution is -2.32. The zero-order chi connectivity index (χ0) is 12.8. The molecule has 0 aliphatic carbocycles. The van der Waals surface area contributed by atoms with Crippen molar-refractivity contribution in [1.82, 2.24) is 5.32 Å². The van der Waals surface area contributed by atoms with Gasteiger partial charge in [-0.25, -0.2) is 0 Å². The van der Waals surface area contributed by atoms with Crippen LogP contribution in [0.4, 0.5) is 5.69 Å². The van der Waals surface area contributed by atoms with Crippen LogP contribution in [0.25, 0.3) is 0 Å². The Morgan fingerprint density at radius 3 is 3.00 bits per heavy atom. The van der Waals surface area contributed by atoms with Gasteiger partial charge in [-0.15, -0.1) is 0 Å². The molecular weight excluding hydrogens is 222 g/mol. The second-order valence-electron chi connectivity index (χ2n) is 5.05. The third kappa shape index (κ3) is 3.24. The molecule has 1 aliphatic heterocycles. The van der Waals surface area contributed by atoms with Crippen LogP contribution in [0, 0.1) is 17.2 Å². The number of benzene rings is 1. The van der Waals surface area contributed by atoms with E-state index >= 15 is 0 Å². The summed E-state index contributed by atoms with van der Waals surface area (Å²) < 4.78 is 0. The zero-order valence-corrected chi connectivity index (χ0v) is 11.0. The molecule has 0 spiro atoms. The van der Waals surface area contributed by atoms with Gasteiger partial charge in [0.15, 0.2) is 0 Å². The lowest BCUT2D eigenvalue weighted by Gasteiger charge is -2.26. The fourth-order valence-corrected chi connectivity index (χ4v) is 2.57. The first-order chi connectivity index (χ1) is 8.81. The van der Waals surface area contributed by atoms with Crippen molar-refractivity contribution in [3.63, 3.8) is 0 Å². The molecule has 1 aliphatic rings. The summed E-state index contributed by atoms with van der Waals surface area (Å²) >= 11 is 0. The number of anilines is 1. The topological polar surface area (TPSA) is 39.1 Å². The van der Waals surface area contributed by atoms with E-state index in [9.17, 15) is 0 Å². The Kier molecular flexibility index (Phi) is 4.60. The minimum absolute atomic E-state index is 0.766. The molecular formula is C15H21N3. The summed E-state index contributed by atoms with van der Waals surface area (Å²) in [6.07, 6.45) is 3.83. The Hall–Kier alpha value is -1.53. The van der Waals surface area contributed by atoms with Crippen molar-refractivity contribution in [2.45, 2.75) is 19.3 Å². The molecule has 1 aromatic carbocycles. The Balaban J connectivity index is 1.91. The highest BCUT2D eigenvalue weighted by atomic mass is 15.1. The number of para-hydroxylation sites is 1. The summed E-state index contributed by atoms with van der Waals surface area (Å²) in [4.78, 5) is 2.20. The molecule has 3 heteroatoms. The normalized spacial score (nSPS) is 19.2. The van der Waals surface area contributed by atoms with Gasteiger partial charge in [-0.1, -0.05) is 12.1 Å². The van der Waals surface area contributed by atoms with Gasteiger partial charge in [0.25, 0.3) is 0 Å². The highest BCUT2D eigenvalue weighted by molar-refractivity contribution is 5.58. The molecule has 1 heterocycles. The van der Waals surface area contributed by atoms with Crippen molar-refractivity contribution in [1.29, 1.82) is 5.26 Å². The van der Waals surface area contributed by atoms with Gasteiger partial charge >= 0.3 is 0 Å². The second kappa shape index (κ2) is 6.42. The summed E-state index contributed by atoms with van der Waals surface area (Å²) in [5.41, 5.74) is 1.81. The molecule has 0 radical (unpaired) electrons. The molecule has 1 saturated heterocycles. The molecule has 1 atom stereocenters. The van der Waals surface area contributed by atoms with Gasteiger partial charge in [0.05, 0.1) is 11.3 Å². The van der Waals surface area contributed by atoms with Gasteiger partial charge in [0, 0.05) is 13.6 Å². The van der Waals surface area contributed by atoms with E-state index in [2.05, 4.69) is 23.3 Å². The van der Waals surface area contributed by atoms with E-state index in [1.165, 1.54) is 25.8 Å². The first-order valence-electron chi connectivity index (χ1n) is 6.72. The number of rotatable bonds is 4. The SMILES string of the molecule is CN(CCC1CCCNC1)c1ccccc1C#N. The molecule has 0 amide bonds. The van der Waals surface area contributed by atoms with E-state index in [1.807, 2.05) is 24.3 Å². The van der Waals surface area contributed by atoms with Crippen LogP contribution in [-0.4, -0.2) is 26.7 Å². The summed E-state index contributed by atoms with van der Waals surface area (Å²) in [5, 5.41) is 12.5. The van der Waals surface area contributed by atoms with E-state index < -0.39 is 0 Å². The maximum absolute atomic E-state index is 9.10. The van der Waals surface area contributed by atoms with E-state index in [1.54, 1.807) is 0 Å². The Bertz CT molecular complexity index is 416. The molecule has 1 unspecified atom stereocenters. The van der Waals surface area contributed by atoms with Gasteiger partial charge in [-0.05, 0) is 50.4 Å². The first kappa shape index (κ1) is 12.9. The fraction of sp³-hybridized carbons (Fsp3) is 0.533. The van der Waals surface area contributed by atoms with Crippen LogP contribution in [-0.2, 0) is 0 Å². The maximum Gasteiger partial charge on any atom is 0.101 e. The largest absolute Gasteiger partial charge is 0.374 e. The highest BCUT2D eigenvalue weighted by Gasteiger charge is 2.14. The molecule has 0 aromatic heterocycles. The first-order valence-corrected chi connectivity index (χ1v) is 6.72. The van der Waals surface area contributed by atoms with Gasteiger partial charge in [-0.2, -0.15) is 5.26 Å². The molecule has 18 heavy (non-hydrogen) atoms. The Morgan fingerprint density at radius 2 is 2.28 bits per heavy atom. The molecule has 96 valence electrons. The molecule has 1 N–H and O–H groups in total. The van der Waals surface area contributed by atoms with E-state index in [0.29, 0.717) is 0 Å². The zero-order valence-electron chi connectivity index (χ0n) is 11.0. The molecule has 1 fully saturated rings. The fourth-order valence-electron chi connectivity index (χ4n) is 2.57. The van der Waals surface area contributed by atoms with E-state index in [4.69, 9.17) is 5.26 Å². The van der Waals surface area contributed by atoms with Crippen LogP contribution in [0.3, 0.4) is 0 Å². The van der Waals surface area contributed by atoms with Crippen molar-refractivity contribution in [3.05, 3.63) is 29.8 Å². The van der Waals surface area contributed by atoms with Gasteiger partial charge in [0.2, 0.25) is 0 Å². The van der Waals surface area contributed by atoms with Gasteiger partial charge < -0.3 is 10.2 Å². The highest BCUT2D eigenvalue weighted by Crippen LogP contribution is 2.20. The third-order valence-electron chi connectivity index (χ3n) is 3.71. The predicted molar refractivity (Wildman–Crippen MR) is 74.6 cm³/mol. The molecule has 0 bridgehead atoms. The average Bonchev–Trinajstić information content (AvgIpc) is 2.45. The smallest absolute Gasteiger partial charge is 0.101 e. The van der Waals surface area contributed by atoms with Crippen LogP contribution >= 0.6 is 0 Å². The Labute approximate surface area is 109 Å².